The first-order valence-electron chi connectivity index (χ1n) is 11.4. The van der Waals surface area contributed by atoms with E-state index in [1.165, 1.54) is 5.56 Å². The van der Waals surface area contributed by atoms with Crippen molar-refractivity contribution >= 4 is 17.4 Å². The summed E-state index contributed by atoms with van der Waals surface area (Å²) < 4.78 is 5.71. The summed E-state index contributed by atoms with van der Waals surface area (Å²) in [6.45, 7) is 11.4. The molecule has 1 amide bonds. The van der Waals surface area contributed by atoms with E-state index < -0.39 is 17.7 Å². The number of ketones is 1. The van der Waals surface area contributed by atoms with Crippen molar-refractivity contribution < 1.29 is 19.4 Å². The number of nitrogens with zero attached hydrogens (tertiary/aromatic N) is 1. The minimum absolute atomic E-state index is 0.136. The van der Waals surface area contributed by atoms with E-state index in [2.05, 4.69) is 27.7 Å². The Morgan fingerprint density at radius 3 is 2.16 bits per heavy atom. The molecule has 3 rings (SSSR count). The number of hydrogen-bond donors (Lipinski definition) is 1. The highest BCUT2D eigenvalue weighted by Crippen LogP contribution is 2.40. The number of carbonyl (C=O) groups is 2. The molecule has 1 aliphatic heterocycles. The molecule has 0 aromatic heterocycles. The van der Waals surface area contributed by atoms with Crippen LogP contribution < -0.4 is 4.74 Å². The number of hydrogen-bond acceptors (Lipinski definition) is 4. The van der Waals surface area contributed by atoms with Crippen LogP contribution in [0.4, 0.5) is 0 Å². The van der Waals surface area contributed by atoms with Gasteiger partial charge in [-0.25, -0.2) is 0 Å². The van der Waals surface area contributed by atoms with Crippen molar-refractivity contribution in [2.24, 2.45) is 5.92 Å². The third kappa shape index (κ3) is 4.87. The first-order valence-corrected chi connectivity index (χ1v) is 11.4. The fourth-order valence-electron chi connectivity index (χ4n) is 3.89. The number of likely N-dealkylation sites (tertiary alicyclic amines) is 1. The molecule has 1 saturated heterocycles. The third-order valence-corrected chi connectivity index (χ3v) is 5.63. The van der Waals surface area contributed by atoms with Gasteiger partial charge in [0, 0.05) is 12.1 Å². The number of benzene rings is 2. The summed E-state index contributed by atoms with van der Waals surface area (Å²) in [5.74, 6) is 0.109. The number of Topliss-reactive ketones (excluding diaryl/α,β-unsaturated/α-hetero) is 1. The number of amides is 1. The highest BCUT2D eigenvalue weighted by molar-refractivity contribution is 6.46. The maximum absolute atomic E-state index is 13.0. The molecule has 0 saturated carbocycles. The van der Waals surface area contributed by atoms with Crippen LogP contribution in [0.15, 0.2) is 54.1 Å². The van der Waals surface area contributed by atoms with Gasteiger partial charge in [0.15, 0.2) is 0 Å². The average molecular weight is 436 g/mol. The zero-order valence-corrected chi connectivity index (χ0v) is 19.6. The summed E-state index contributed by atoms with van der Waals surface area (Å²) in [4.78, 5) is 27.4. The largest absolute Gasteiger partial charge is 0.507 e. The molecule has 5 nitrogen and oxygen atoms in total. The summed E-state index contributed by atoms with van der Waals surface area (Å²) in [5.41, 5.74) is 2.62. The standard InChI is InChI=1S/C27H33NO4/c1-6-15-28-24(20-9-7-19(8-10-20)18(4)5)23(26(30)27(28)31)25(29)21-11-13-22(14-12-21)32-16-17(2)3/h7-14,17-18,24,29H,6,15-16H2,1-5H3/b25-23-. The smallest absolute Gasteiger partial charge is 0.295 e. The van der Waals surface area contributed by atoms with Crippen molar-refractivity contribution in [3.63, 3.8) is 0 Å². The predicted octanol–water partition coefficient (Wildman–Crippen LogP) is 5.68. The summed E-state index contributed by atoms with van der Waals surface area (Å²) in [6.07, 6.45) is 0.718. The molecule has 1 unspecified atom stereocenters. The second kappa shape index (κ2) is 10.0. The van der Waals surface area contributed by atoms with Gasteiger partial charge in [0.2, 0.25) is 0 Å². The summed E-state index contributed by atoms with van der Waals surface area (Å²) in [7, 11) is 0. The van der Waals surface area contributed by atoms with Crippen molar-refractivity contribution in [1.82, 2.24) is 4.90 Å². The number of aliphatic hydroxyl groups is 1. The minimum atomic E-state index is -0.644. The van der Waals surface area contributed by atoms with E-state index in [0.29, 0.717) is 36.3 Å². The molecule has 0 spiro atoms. The van der Waals surface area contributed by atoms with Gasteiger partial charge in [-0.05, 0) is 53.6 Å². The Labute approximate surface area is 190 Å². The molecule has 2 aromatic rings. The monoisotopic (exact) mass is 435 g/mol. The Kier molecular flexibility index (Phi) is 7.39. The molecular formula is C27H33NO4. The Bertz CT molecular complexity index is 987. The van der Waals surface area contributed by atoms with Crippen molar-refractivity contribution in [2.75, 3.05) is 13.2 Å². The van der Waals surface area contributed by atoms with Crippen LogP contribution in [0.5, 0.6) is 5.75 Å². The lowest BCUT2D eigenvalue weighted by molar-refractivity contribution is -0.139. The molecule has 1 heterocycles. The molecule has 0 radical (unpaired) electrons. The van der Waals surface area contributed by atoms with E-state index in [0.717, 1.165) is 12.0 Å². The molecule has 32 heavy (non-hydrogen) atoms. The zero-order chi connectivity index (χ0) is 23.4. The first-order chi connectivity index (χ1) is 15.2. The van der Waals surface area contributed by atoms with Crippen molar-refractivity contribution in [3.05, 3.63) is 70.8 Å². The van der Waals surface area contributed by atoms with Gasteiger partial charge in [-0.1, -0.05) is 58.9 Å². The Morgan fingerprint density at radius 2 is 1.62 bits per heavy atom. The van der Waals surface area contributed by atoms with E-state index in [9.17, 15) is 14.7 Å². The SMILES string of the molecule is CCCN1C(=O)C(=O)/C(=C(\O)c2ccc(OCC(C)C)cc2)C1c1ccc(C(C)C)cc1. The Balaban J connectivity index is 2.02. The lowest BCUT2D eigenvalue weighted by atomic mass is 9.93. The normalized spacial score (nSPS) is 18.1. The van der Waals surface area contributed by atoms with Crippen LogP contribution in [0, 0.1) is 5.92 Å². The van der Waals surface area contributed by atoms with Gasteiger partial charge < -0.3 is 14.7 Å². The van der Waals surface area contributed by atoms with Crippen LogP contribution >= 0.6 is 0 Å². The predicted molar refractivity (Wildman–Crippen MR) is 127 cm³/mol. The molecule has 1 atom stereocenters. The lowest BCUT2D eigenvalue weighted by Crippen LogP contribution is -2.30. The molecule has 2 aromatic carbocycles. The maximum Gasteiger partial charge on any atom is 0.295 e. The van der Waals surface area contributed by atoms with E-state index in [4.69, 9.17) is 4.74 Å². The Hall–Kier alpha value is -3.08. The molecular weight excluding hydrogens is 402 g/mol. The van der Waals surface area contributed by atoms with Crippen LogP contribution in [0.25, 0.3) is 5.76 Å². The highest BCUT2D eigenvalue weighted by Gasteiger charge is 2.45. The van der Waals surface area contributed by atoms with Gasteiger partial charge in [0.05, 0.1) is 18.2 Å². The van der Waals surface area contributed by atoms with Crippen molar-refractivity contribution in [1.29, 1.82) is 0 Å². The Morgan fingerprint density at radius 1 is 1.00 bits per heavy atom. The zero-order valence-electron chi connectivity index (χ0n) is 19.6. The molecule has 1 fully saturated rings. The molecule has 1 aliphatic rings. The van der Waals surface area contributed by atoms with Crippen LogP contribution in [-0.4, -0.2) is 34.8 Å². The van der Waals surface area contributed by atoms with Gasteiger partial charge in [-0.2, -0.15) is 0 Å². The van der Waals surface area contributed by atoms with Crippen molar-refractivity contribution in [2.45, 2.75) is 53.0 Å². The number of aliphatic hydroxyl groups excluding tert-OH is 1. The fraction of sp³-hybridized carbons (Fsp3) is 0.407. The van der Waals surface area contributed by atoms with E-state index >= 15 is 0 Å². The van der Waals surface area contributed by atoms with Crippen LogP contribution in [0.1, 0.15) is 69.7 Å². The topological polar surface area (TPSA) is 66.8 Å². The summed E-state index contributed by atoms with van der Waals surface area (Å²) in [6, 6.07) is 14.3. The highest BCUT2D eigenvalue weighted by atomic mass is 16.5. The van der Waals surface area contributed by atoms with Crippen molar-refractivity contribution in [3.8, 4) is 5.75 Å². The van der Waals surface area contributed by atoms with Gasteiger partial charge in [-0.3, -0.25) is 9.59 Å². The minimum Gasteiger partial charge on any atom is -0.507 e. The second-order valence-electron chi connectivity index (χ2n) is 9.04. The summed E-state index contributed by atoms with van der Waals surface area (Å²) in [5, 5.41) is 11.1. The molecule has 0 aliphatic carbocycles. The fourth-order valence-corrected chi connectivity index (χ4v) is 3.89. The van der Waals surface area contributed by atoms with E-state index in [1.807, 2.05) is 31.2 Å². The van der Waals surface area contributed by atoms with Crippen LogP contribution in [-0.2, 0) is 9.59 Å². The van der Waals surface area contributed by atoms with E-state index in [-0.39, 0.29) is 11.3 Å². The van der Waals surface area contributed by atoms with Gasteiger partial charge in [0.25, 0.3) is 11.7 Å². The number of ether oxygens (including phenoxy) is 1. The van der Waals surface area contributed by atoms with Crippen LogP contribution in [0.3, 0.4) is 0 Å². The molecule has 0 bridgehead atoms. The molecule has 1 N–H and O–H groups in total. The van der Waals surface area contributed by atoms with Gasteiger partial charge >= 0.3 is 0 Å². The second-order valence-corrected chi connectivity index (χ2v) is 9.04. The van der Waals surface area contributed by atoms with Crippen LogP contribution in [0.2, 0.25) is 0 Å². The number of carbonyl (C=O) groups excluding carboxylic acids is 2. The first kappa shape index (κ1) is 23.6. The summed E-state index contributed by atoms with van der Waals surface area (Å²) >= 11 is 0. The molecule has 170 valence electrons. The van der Waals surface area contributed by atoms with Gasteiger partial charge in [0.1, 0.15) is 11.5 Å². The average Bonchev–Trinajstić information content (AvgIpc) is 3.03. The quantitative estimate of drug-likeness (QED) is 0.329. The molecule has 5 heteroatoms. The maximum atomic E-state index is 13.0. The van der Waals surface area contributed by atoms with Gasteiger partial charge in [-0.15, -0.1) is 0 Å². The third-order valence-electron chi connectivity index (χ3n) is 5.63. The number of rotatable bonds is 8. The van der Waals surface area contributed by atoms with E-state index in [1.54, 1.807) is 29.2 Å². The lowest BCUT2D eigenvalue weighted by Gasteiger charge is -2.25.